The summed E-state index contributed by atoms with van der Waals surface area (Å²) in [4.78, 5) is 21.5. The van der Waals surface area contributed by atoms with E-state index in [1.54, 1.807) is 12.1 Å². The van der Waals surface area contributed by atoms with Crippen LogP contribution in [0.1, 0.15) is 52.1 Å². The van der Waals surface area contributed by atoms with E-state index in [0.717, 1.165) is 32.5 Å². The first kappa shape index (κ1) is 29.7. The number of ether oxygens (including phenoxy) is 2. The molecule has 224 valence electrons. The van der Waals surface area contributed by atoms with E-state index >= 15 is 0 Å². The summed E-state index contributed by atoms with van der Waals surface area (Å²) in [6.07, 6.45) is 1.87. The average molecular weight is 609 g/mol. The van der Waals surface area contributed by atoms with Crippen molar-refractivity contribution in [3.05, 3.63) is 137 Å². The summed E-state index contributed by atoms with van der Waals surface area (Å²) in [6, 6.07) is 28.3. The second kappa shape index (κ2) is 13.5. The number of pyridine rings is 1. The van der Waals surface area contributed by atoms with Crippen molar-refractivity contribution >= 4 is 28.7 Å². The first-order valence-electron chi connectivity index (χ1n) is 14.4. The number of benzene rings is 3. The number of para-hydroxylation sites is 2. The van der Waals surface area contributed by atoms with Gasteiger partial charge in [0.05, 0.1) is 36.0 Å². The van der Waals surface area contributed by atoms with E-state index in [2.05, 4.69) is 22.2 Å². The standard InChI is InChI=1S/C34H32N4O5S/c1-22-30(21-44-31-8-4-5-17-38(31)41)42-34(43-32(22)25-13-11-24(20-39)12-14-25)26-15-9-23(10-16-26)18-36-33(40)29-19-35-27-6-2-3-7-28(27)37-29/h2-17,19,22,30,32,34,39H,18,20-21H2,1H3,(H,36,40). The van der Waals surface area contributed by atoms with Crippen LogP contribution >= 0.6 is 11.8 Å². The van der Waals surface area contributed by atoms with Gasteiger partial charge >= 0.3 is 0 Å². The van der Waals surface area contributed by atoms with E-state index in [1.807, 2.05) is 78.9 Å². The number of carbonyl (C=O) groups is 1. The first-order chi connectivity index (χ1) is 21.5. The van der Waals surface area contributed by atoms with E-state index in [9.17, 15) is 15.1 Å². The third kappa shape index (κ3) is 6.74. The molecule has 1 saturated heterocycles. The van der Waals surface area contributed by atoms with E-state index < -0.39 is 6.29 Å². The Morgan fingerprint density at radius 1 is 0.932 bits per heavy atom. The zero-order valence-corrected chi connectivity index (χ0v) is 24.9. The van der Waals surface area contributed by atoms with E-state index in [4.69, 9.17) is 9.47 Å². The predicted molar refractivity (Wildman–Crippen MR) is 166 cm³/mol. The average Bonchev–Trinajstić information content (AvgIpc) is 3.07. The fraction of sp³-hybridized carbons (Fsp3) is 0.235. The summed E-state index contributed by atoms with van der Waals surface area (Å²) in [5, 5.41) is 25.3. The highest BCUT2D eigenvalue weighted by molar-refractivity contribution is 7.99. The van der Waals surface area contributed by atoms with Crippen molar-refractivity contribution in [1.82, 2.24) is 15.3 Å². The number of rotatable bonds is 9. The van der Waals surface area contributed by atoms with Crippen molar-refractivity contribution < 1.29 is 24.1 Å². The number of nitrogens with one attached hydrogen (secondary N) is 1. The molecule has 4 atom stereocenters. The molecule has 9 nitrogen and oxygen atoms in total. The van der Waals surface area contributed by atoms with E-state index in [-0.39, 0.29) is 36.3 Å². The molecule has 0 bridgehead atoms. The van der Waals surface area contributed by atoms with Gasteiger partial charge in [-0.1, -0.05) is 79.3 Å². The Kier molecular flexibility index (Phi) is 9.13. The minimum Gasteiger partial charge on any atom is -0.618 e. The molecule has 0 aliphatic carbocycles. The molecule has 2 N–H and O–H groups in total. The smallest absolute Gasteiger partial charge is 0.271 e. The summed E-state index contributed by atoms with van der Waals surface area (Å²) in [5.74, 6) is 0.268. The molecule has 0 saturated carbocycles. The van der Waals surface area contributed by atoms with E-state index in [0.29, 0.717) is 22.8 Å². The van der Waals surface area contributed by atoms with Gasteiger partial charge in [0, 0.05) is 35.9 Å². The van der Waals surface area contributed by atoms with Crippen LogP contribution in [-0.4, -0.2) is 32.8 Å². The lowest BCUT2D eigenvalue weighted by molar-refractivity contribution is -0.645. The molecule has 3 aromatic carbocycles. The molecule has 44 heavy (non-hydrogen) atoms. The van der Waals surface area contributed by atoms with Crippen LogP contribution in [0, 0.1) is 11.1 Å². The Morgan fingerprint density at radius 2 is 1.64 bits per heavy atom. The highest BCUT2D eigenvalue weighted by atomic mass is 32.2. The molecule has 5 aromatic rings. The molecule has 3 heterocycles. The maximum absolute atomic E-state index is 12.7. The number of hydrogen-bond acceptors (Lipinski definition) is 8. The third-order valence-corrected chi connectivity index (χ3v) is 8.80. The normalized spacial score (nSPS) is 20.0. The number of aliphatic hydroxyl groups is 1. The minimum atomic E-state index is -0.633. The molecule has 4 unspecified atom stereocenters. The number of aliphatic hydroxyl groups excluding tert-OH is 1. The molecule has 1 fully saturated rings. The molecular weight excluding hydrogens is 576 g/mol. The van der Waals surface area contributed by atoms with Gasteiger partial charge in [-0.25, -0.2) is 4.98 Å². The molecular formula is C34H32N4O5S. The van der Waals surface area contributed by atoms with Crippen LogP contribution in [0.3, 0.4) is 0 Å². The van der Waals surface area contributed by atoms with Crippen molar-refractivity contribution in [1.29, 1.82) is 0 Å². The molecule has 2 aromatic heterocycles. The number of aromatic nitrogens is 3. The maximum atomic E-state index is 12.7. The monoisotopic (exact) mass is 608 g/mol. The Balaban J connectivity index is 1.16. The number of carbonyl (C=O) groups excluding carboxylic acids is 1. The Bertz CT molecular complexity index is 1730. The van der Waals surface area contributed by atoms with Crippen LogP contribution < -0.4 is 10.0 Å². The Morgan fingerprint density at radius 3 is 2.39 bits per heavy atom. The third-order valence-electron chi connectivity index (χ3n) is 7.69. The Hall–Kier alpha value is -4.35. The van der Waals surface area contributed by atoms with E-state index in [1.165, 1.54) is 24.2 Å². The van der Waals surface area contributed by atoms with Crippen LogP contribution in [0.25, 0.3) is 11.0 Å². The molecule has 10 heteroatoms. The second-order valence-corrected chi connectivity index (χ2v) is 11.7. The van der Waals surface area contributed by atoms with Crippen LogP contribution in [0.5, 0.6) is 0 Å². The van der Waals surface area contributed by atoms with Crippen molar-refractivity contribution in [3.8, 4) is 0 Å². The fourth-order valence-corrected chi connectivity index (χ4v) is 6.21. The quantitative estimate of drug-likeness (QED) is 0.132. The summed E-state index contributed by atoms with van der Waals surface area (Å²) in [7, 11) is 0. The second-order valence-electron chi connectivity index (χ2n) is 10.7. The highest BCUT2D eigenvalue weighted by Gasteiger charge is 2.38. The number of thioether (sulfide) groups is 1. The molecule has 0 radical (unpaired) electrons. The molecule has 1 aliphatic heterocycles. The topological polar surface area (TPSA) is 121 Å². The van der Waals surface area contributed by atoms with Gasteiger partial charge in [-0.3, -0.25) is 9.78 Å². The lowest BCUT2D eigenvalue weighted by Crippen LogP contribution is -2.39. The largest absolute Gasteiger partial charge is 0.618 e. The van der Waals surface area contributed by atoms with Crippen LogP contribution in [0.2, 0.25) is 0 Å². The summed E-state index contributed by atoms with van der Waals surface area (Å²) >= 11 is 1.46. The van der Waals surface area contributed by atoms with Crippen molar-refractivity contribution in [2.75, 3.05) is 5.75 Å². The fourth-order valence-electron chi connectivity index (χ4n) is 5.13. The van der Waals surface area contributed by atoms with Gasteiger partial charge in [0.15, 0.2) is 12.5 Å². The number of amides is 1. The summed E-state index contributed by atoms with van der Waals surface area (Å²) < 4.78 is 13.9. The summed E-state index contributed by atoms with van der Waals surface area (Å²) in [5.41, 5.74) is 5.25. The maximum Gasteiger partial charge on any atom is 0.271 e. The predicted octanol–water partition coefficient (Wildman–Crippen LogP) is 5.27. The molecule has 1 aliphatic rings. The van der Waals surface area contributed by atoms with Gasteiger partial charge in [0.2, 0.25) is 0 Å². The SMILES string of the molecule is CC1C(CSc2cccc[n+]2[O-])OC(c2ccc(CNC(=O)c3cnc4ccccc4n3)cc2)OC1c1ccc(CO)cc1. The minimum absolute atomic E-state index is 0.00441. The van der Waals surface area contributed by atoms with Crippen LogP contribution in [-0.2, 0) is 22.6 Å². The molecule has 1 amide bonds. The summed E-state index contributed by atoms with van der Waals surface area (Å²) in [6.45, 7) is 2.39. The van der Waals surface area contributed by atoms with Gasteiger partial charge in [-0.2, -0.15) is 4.73 Å². The van der Waals surface area contributed by atoms with Gasteiger partial charge in [0.1, 0.15) is 5.69 Å². The first-order valence-corrected chi connectivity index (χ1v) is 15.4. The van der Waals surface area contributed by atoms with Gasteiger partial charge in [-0.15, -0.1) is 0 Å². The van der Waals surface area contributed by atoms with Crippen LogP contribution in [0.15, 0.2) is 108 Å². The number of hydrogen-bond donors (Lipinski definition) is 2. The zero-order chi connectivity index (χ0) is 30.5. The lowest BCUT2D eigenvalue weighted by atomic mass is 9.91. The van der Waals surface area contributed by atoms with Gasteiger partial charge < -0.3 is 25.1 Å². The van der Waals surface area contributed by atoms with Crippen molar-refractivity contribution in [3.63, 3.8) is 0 Å². The number of nitrogens with zero attached hydrogens (tertiary/aromatic N) is 3. The number of fused-ring (bicyclic) bond motifs is 1. The van der Waals surface area contributed by atoms with Gasteiger partial charge in [-0.05, 0) is 34.9 Å². The zero-order valence-electron chi connectivity index (χ0n) is 24.1. The van der Waals surface area contributed by atoms with Gasteiger partial charge in [0.25, 0.3) is 10.9 Å². The van der Waals surface area contributed by atoms with Crippen LogP contribution in [0.4, 0.5) is 0 Å². The highest BCUT2D eigenvalue weighted by Crippen LogP contribution is 2.42. The lowest BCUT2D eigenvalue weighted by Gasteiger charge is -2.41. The Labute approximate surface area is 259 Å². The van der Waals surface area contributed by atoms with Crippen molar-refractivity contribution in [2.45, 2.75) is 43.6 Å². The molecule has 0 spiro atoms. The molecule has 6 rings (SSSR count). The van der Waals surface area contributed by atoms with Crippen molar-refractivity contribution in [2.24, 2.45) is 5.92 Å².